The van der Waals surface area contributed by atoms with Crippen LogP contribution in [0.25, 0.3) is 30.1 Å². The highest BCUT2D eigenvalue weighted by atomic mass is 32.1. The number of fused-ring (bicyclic) bond motifs is 1. The Morgan fingerprint density at radius 3 is 1.83 bits per heavy atom. The van der Waals surface area contributed by atoms with Gasteiger partial charge in [0.1, 0.15) is 11.3 Å². The van der Waals surface area contributed by atoms with Crippen molar-refractivity contribution in [2.45, 2.75) is 66.2 Å². The number of hydrogen-bond acceptors (Lipinski definition) is 6. The van der Waals surface area contributed by atoms with E-state index in [-0.39, 0.29) is 17.2 Å². The number of rotatable bonds is 3. The van der Waals surface area contributed by atoms with Crippen LogP contribution < -0.4 is 0 Å². The van der Waals surface area contributed by atoms with Gasteiger partial charge < -0.3 is 4.42 Å². The third kappa shape index (κ3) is 3.92. The van der Waals surface area contributed by atoms with Gasteiger partial charge in [-0.05, 0) is 54.7 Å². The average molecular weight is 538 g/mol. The van der Waals surface area contributed by atoms with Gasteiger partial charge in [-0.1, -0.05) is 41.5 Å². The molecular formula is C29H31NO3S3. The van der Waals surface area contributed by atoms with Gasteiger partial charge in [0.05, 0.1) is 10.4 Å². The molecule has 7 heteroatoms. The summed E-state index contributed by atoms with van der Waals surface area (Å²) in [7, 11) is 1.54. The minimum absolute atomic E-state index is 0.134. The van der Waals surface area contributed by atoms with Gasteiger partial charge in [-0.25, -0.2) is 0 Å². The van der Waals surface area contributed by atoms with E-state index in [4.69, 9.17) is 4.42 Å². The molecular weight excluding hydrogens is 507 g/mol. The Kier molecular flexibility index (Phi) is 5.78. The van der Waals surface area contributed by atoms with E-state index in [1.165, 1.54) is 37.0 Å². The standard InChI is InChI=1S/C29H31NO3S3/c1-14-12-18(16-10-11-17(34-16)19-13-15(2)25(36-19)29(6,7)8)35-23(14)22-20-21(24(33-22)28(3,4)5)27(32)30(9)26(20)31/h10-13H,1-9H3. The van der Waals surface area contributed by atoms with Gasteiger partial charge >= 0.3 is 0 Å². The van der Waals surface area contributed by atoms with E-state index in [0.29, 0.717) is 22.6 Å². The normalized spacial score (nSPS) is 14.3. The summed E-state index contributed by atoms with van der Waals surface area (Å²) in [5.74, 6) is 0.519. The Morgan fingerprint density at radius 2 is 1.28 bits per heavy atom. The van der Waals surface area contributed by atoms with Crippen molar-refractivity contribution in [3.63, 3.8) is 0 Å². The van der Waals surface area contributed by atoms with Gasteiger partial charge in [0.2, 0.25) is 0 Å². The number of amides is 2. The largest absolute Gasteiger partial charge is 0.458 e. The molecule has 5 heterocycles. The minimum Gasteiger partial charge on any atom is -0.458 e. The Hall–Kier alpha value is -2.48. The molecule has 0 aromatic carbocycles. The molecule has 188 valence electrons. The van der Waals surface area contributed by atoms with E-state index in [9.17, 15) is 9.59 Å². The molecule has 4 aromatic rings. The fraction of sp³-hybridized carbons (Fsp3) is 0.379. The SMILES string of the molecule is Cc1cc(-c2ccc(-c3cc(C)c(C(C)(C)C)s3)s2)sc1-c1oc(C(C)(C)C)c2c1C(=O)N(C)C2=O. The summed E-state index contributed by atoms with van der Waals surface area (Å²) in [4.78, 5) is 34.4. The zero-order chi connectivity index (χ0) is 26.3. The second-order valence-corrected chi connectivity index (χ2v) is 14.8. The summed E-state index contributed by atoms with van der Waals surface area (Å²) in [6.07, 6.45) is 0. The lowest BCUT2D eigenvalue weighted by molar-refractivity contribution is 0.0688. The molecule has 2 amide bonds. The van der Waals surface area contributed by atoms with Crippen LogP contribution in [0.5, 0.6) is 0 Å². The number of furan rings is 1. The van der Waals surface area contributed by atoms with Crippen LogP contribution in [0.3, 0.4) is 0 Å². The van der Waals surface area contributed by atoms with Gasteiger partial charge in [-0.15, -0.1) is 34.0 Å². The molecule has 5 rings (SSSR count). The van der Waals surface area contributed by atoms with Gasteiger partial charge in [0.15, 0.2) is 5.76 Å². The average Bonchev–Trinajstić information content (AvgIpc) is 3.55. The first-order valence-electron chi connectivity index (χ1n) is 12.0. The molecule has 0 bridgehead atoms. The van der Waals surface area contributed by atoms with Crippen molar-refractivity contribution in [1.82, 2.24) is 4.90 Å². The van der Waals surface area contributed by atoms with Crippen LogP contribution in [0.2, 0.25) is 0 Å². The Bertz CT molecular complexity index is 1530. The van der Waals surface area contributed by atoms with Crippen molar-refractivity contribution in [3.8, 4) is 30.1 Å². The molecule has 1 aliphatic heterocycles. The van der Waals surface area contributed by atoms with E-state index >= 15 is 0 Å². The van der Waals surface area contributed by atoms with Crippen LogP contribution in [-0.4, -0.2) is 23.8 Å². The molecule has 0 atom stereocenters. The molecule has 0 fully saturated rings. The highest BCUT2D eigenvalue weighted by Crippen LogP contribution is 2.48. The predicted octanol–water partition coefficient (Wildman–Crippen LogP) is 8.90. The molecule has 1 aliphatic rings. The van der Waals surface area contributed by atoms with Gasteiger partial charge in [0.25, 0.3) is 11.8 Å². The van der Waals surface area contributed by atoms with Crippen LogP contribution in [0, 0.1) is 13.8 Å². The number of carbonyl (C=O) groups excluding carboxylic acids is 2. The number of hydrogen-bond donors (Lipinski definition) is 0. The van der Waals surface area contributed by atoms with E-state index < -0.39 is 5.41 Å². The molecule has 0 spiro atoms. The van der Waals surface area contributed by atoms with Crippen LogP contribution in [-0.2, 0) is 10.8 Å². The summed E-state index contributed by atoms with van der Waals surface area (Å²) in [6.45, 7) is 17.0. The van der Waals surface area contributed by atoms with Crippen molar-refractivity contribution in [2.75, 3.05) is 7.05 Å². The zero-order valence-electron chi connectivity index (χ0n) is 22.2. The Labute approximate surface area is 224 Å². The van der Waals surface area contributed by atoms with Crippen LogP contribution in [0.15, 0.2) is 28.7 Å². The van der Waals surface area contributed by atoms with Crippen molar-refractivity contribution >= 4 is 45.8 Å². The lowest BCUT2D eigenvalue weighted by Gasteiger charge is -2.17. The summed E-state index contributed by atoms with van der Waals surface area (Å²) in [6, 6.07) is 8.83. The molecule has 36 heavy (non-hydrogen) atoms. The molecule has 0 radical (unpaired) electrons. The third-order valence-electron chi connectivity index (χ3n) is 6.44. The molecule has 0 unspecified atom stereocenters. The second kappa shape index (κ2) is 8.27. The molecule has 4 aromatic heterocycles. The Balaban J connectivity index is 1.57. The van der Waals surface area contributed by atoms with Gasteiger partial charge in [0, 0.05) is 36.8 Å². The first-order valence-corrected chi connectivity index (χ1v) is 14.5. The lowest BCUT2D eigenvalue weighted by Crippen LogP contribution is -2.26. The number of nitrogens with zero attached hydrogens (tertiary/aromatic N) is 1. The molecule has 4 nitrogen and oxygen atoms in total. The molecule has 0 saturated heterocycles. The number of imide groups is 1. The number of aryl methyl sites for hydroxylation is 2. The second-order valence-electron chi connectivity index (χ2n) is 11.6. The van der Waals surface area contributed by atoms with E-state index in [0.717, 1.165) is 15.3 Å². The number of thiophene rings is 3. The monoisotopic (exact) mass is 537 g/mol. The summed E-state index contributed by atoms with van der Waals surface area (Å²) >= 11 is 5.28. The van der Waals surface area contributed by atoms with Gasteiger partial charge in [-0.2, -0.15) is 0 Å². The summed E-state index contributed by atoms with van der Waals surface area (Å²) in [5, 5.41) is 0. The lowest BCUT2D eigenvalue weighted by atomic mass is 9.89. The van der Waals surface area contributed by atoms with Crippen molar-refractivity contribution < 1.29 is 14.0 Å². The van der Waals surface area contributed by atoms with Crippen LogP contribution in [0.4, 0.5) is 0 Å². The first-order chi connectivity index (χ1) is 16.7. The van der Waals surface area contributed by atoms with E-state index in [1.807, 2.05) is 39.0 Å². The highest BCUT2D eigenvalue weighted by molar-refractivity contribution is 7.27. The van der Waals surface area contributed by atoms with E-state index in [2.05, 4.69) is 52.0 Å². The van der Waals surface area contributed by atoms with Crippen molar-refractivity contribution in [2.24, 2.45) is 0 Å². The van der Waals surface area contributed by atoms with Crippen molar-refractivity contribution in [1.29, 1.82) is 0 Å². The first kappa shape index (κ1) is 25.2. The molecule has 0 saturated carbocycles. The predicted molar refractivity (Wildman–Crippen MR) is 152 cm³/mol. The molecule has 0 aliphatic carbocycles. The number of carbonyl (C=O) groups is 2. The maximum Gasteiger partial charge on any atom is 0.265 e. The molecule has 0 N–H and O–H groups in total. The Morgan fingerprint density at radius 1 is 0.722 bits per heavy atom. The van der Waals surface area contributed by atoms with Crippen LogP contribution >= 0.6 is 34.0 Å². The topological polar surface area (TPSA) is 50.5 Å². The van der Waals surface area contributed by atoms with E-state index in [1.54, 1.807) is 22.7 Å². The smallest absolute Gasteiger partial charge is 0.265 e. The van der Waals surface area contributed by atoms with Gasteiger partial charge in [-0.3, -0.25) is 14.5 Å². The maximum atomic E-state index is 13.0. The zero-order valence-corrected chi connectivity index (χ0v) is 24.7. The quantitative estimate of drug-likeness (QED) is 0.245. The fourth-order valence-electron chi connectivity index (χ4n) is 4.73. The minimum atomic E-state index is -0.398. The summed E-state index contributed by atoms with van der Waals surface area (Å²) in [5.41, 5.74) is 2.94. The summed E-state index contributed by atoms with van der Waals surface area (Å²) < 4.78 is 6.33. The fourth-order valence-corrected chi connectivity index (χ4v) is 8.29. The highest BCUT2D eigenvalue weighted by Gasteiger charge is 2.44. The van der Waals surface area contributed by atoms with Crippen molar-refractivity contribution in [3.05, 3.63) is 57.2 Å². The van der Waals surface area contributed by atoms with Crippen LogP contribution in [0.1, 0.15) is 84.0 Å². The maximum absolute atomic E-state index is 13.0. The third-order valence-corrected chi connectivity index (χ3v) is 10.8.